The highest BCUT2D eigenvalue weighted by Gasteiger charge is 2.47. The fraction of sp³-hybridized carbons (Fsp3) is 0.289. The monoisotopic (exact) mass is 627 g/mol. The number of para-hydroxylation sites is 3. The third-order valence-corrected chi connectivity index (χ3v) is 12.3. The molecule has 0 bridgehead atoms. The summed E-state index contributed by atoms with van der Waals surface area (Å²) in [6.45, 7) is 14.4. The highest BCUT2D eigenvalue weighted by atomic mass is 15.2. The van der Waals surface area contributed by atoms with Crippen LogP contribution in [0.4, 0.5) is 28.4 Å². The number of anilines is 5. The zero-order valence-electron chi connectivity index (χ0n) is 29.0. The normalized spacial score (nSPS) is 24.8. The van der Waals surface area contributed by atoms with E-state index in [1.54, 1.807) is 0 Å². The molecule has 240 valence electrons. The molecule has 3 nitrogen and oxygen atoms in total. The van der Waals surface area contributed by atoms with E-state index in [9.17, 15) is 0 Å². The average Bonchev–Trinajstić information content (AvgIpc) is 3.09. The lowest BCUT2D eigenvalue weighted by Crippen LogP contribution is -2.47. The summed E-state index contributed by atoms with van der Waals surface area (Å²) in [5.74, 6) is 0.714. The maximum atomic E-state index is 3.95. The Bertz CT molecular complexity index is 2050. The average molecular weight is 628 g/mol. The van der Waals surface area contributed by atoms with Gasteiger partial charge in [0.05, 0.1) is 17.4 Å². The van der Waals surface area contributed by atoms with Crippen LogP contribution in [0.3, 0.4) is 0 Å². The standard InChI is InChI=1S/C45H45N3/c1-43(2)31-15-7-11-19-39(31)47(40-20-12-8-16-32(40)43)29-23-25-37-35(27-29)45(5,6)36-28-30(24-26-38(36)46-37)48-41-21-13-9-17-33(41)44(3,4)34-18-10-14-22-42(34)48/h7-17,19-28,34,36,38,46H,18H2,1-6H3. The number of benzene rings is 4. The fourth-order valence-electron chi connectivity index (χ4n) is 9.59. The lowest BCUT2D eigenvalue weighted by molar-refractivity contribution is 0.339. The van der Waals surface area contributed by atoms with E-state index < -0.39 is 0 Å². The second-order valence-electron chi connectivity index (χ2n) is 16.0. The minimum absolute atomic E-state index is 0.0626. The van der Waals surface area contributed by atoms with E-state index in [0.717, 1.165) is 6.42 Å². The molecule has 48 heavy (non-hydrogen) atoms. The van der Waals surface area contributed by atoms with Crippen molar-refractivity contribution < 1.29 is 0 Å². The molecule has 1 N–H and O–H groups in total. The number of rotatable bonds is 2. The molecule has 0 aromatic heterocycles. The predicted molar refractivity (Wildman–Crippen MR) is 202 cm³/mol. The topological polar surface area (TPSA) is 18.5 Å². The highest BCUT2D eigenvalue weighted by Crippen LogP contribution is 2.55. The molecular formula is C45H45N3. The Kier molecular flexibility index (Phi) is 6.20. The molecule has 4 aromatic rings. The van der Waals surface area contributed by atoms with Crippen LogP contribution in [0.25, 0.3) is 0 Å². The lowest BCUT2D eigenvalue weighted by Gasteiger charge is -2.51. The molecule has 0 saturated heterocycles. The van der Waals surface area contributed by atoms with Gasteiger partial charge in [-0.25, -0.2) is 0 Å². The highest BCUT2D eigenvalue weighted by molar-refractivity contribution is 5.87. The minimum Gasteiger partial charge on any atom is -0.378 e. The van der Waals surface area contributed by atoms with Crippen LogP contribution in [-0.2, 0) is 16.2 Å². The van der Waals surface area contributed by atoms with Gasteiger partial charge < -0.3 is 15.1 Å². The van der Waals surface area contributed by atoms with Crippen molar-refractivity contribution in [3.05, 3.63) is 161 Å². The Labute approximate surface area is 286 Å². The van der Waals surface area contributed by atoms with Crippen molar-refractivity contribution >= 4 is 28.4 Å². The van der Waals surface area contributed by atoms with Gasteiger partial charge in [-0.15, -0.1) is 0 Å². The molecule has 0 spiro atoms. The third-order valence-electron chi connectivity index (χ3n) is 12.3. The fourth-order valence-corrected chi connectivity index (χ4v) is 9.59. The maximum absolute atomic E-state index is 3.95. The molecule has 2 aliphatic carbocycles. The third kappa shape index (κ3) is 4.00. The first-order chi connectivity index (χ1) is 23.1. The van der Waals surface area contributed by atoms with Crippen molar-refractivity contribution in [3.63, 3.8) is 0 Å². The van der Waals surface area contributed by atoms with Gasteiger partial charge in [0, 0.05) is 56.5 Å². The zero-order valence-corrected chi connectivity index (χ0v) is 29.0. The SMILES string of the molecule is CC1(C)c2ccccc2N(c2ccc3c(c2)C(C)(C)C2C=C(N4C5=CC=CCC5C(C)(C)c5ccccc54)C=CC2N3)c2ccccc21. The van der Waals surface area contributed by atoms with E-state index in [4.69, 9.17) is 0 Å². The van der Waals surface area contributed by atoms with Gasteiger partial charge in [0.1, 0.15) is 0 Å². The van der Waals surface area contributed by atoms with Crippen LogP contribution in [0.15, 0.2) is 139 Å². The second kappa shape index (κ2) is 10.1. The van der Waals surface area contributed by atoms with Crippen LogP contribution in [0.5, 0.6) is 0 Å². The van der Waals surface area contributed by atoms with Crippen LogP contribution < -0.4 is 15.1 Å². The van der Waals surface area contributed by atoms with E-state index in [-0.39, 0.29) is 28.2 Å². The van der Waals surface area contributed by atoms with E-state index >= 15 is 0 Å². The molecule has 3 heteroatoms. The van der Waals surface area contributed by atoms with Crippen molar-refractivity contribution in [3.8, 4) is 0 Å². The molecule has 3 aliphatic heterocycles. The van der Waals surface area contributed by atoms with E-state index in [1.165, 1.54) is 62.1 Å². The number of nitrogens with zero attached hydrogens (tertiary/aromatic N) is 2. The first kappa shape index (κ1) is 29.4. The number of hydrogen-bond acceptors (Lipinski definition) is 3. The Morgan fingerprint density at radius 3 is 1.98 bits per heavy atom. The molecule has 9 rings (SSSR count). The molecule has 0 saturated carbocycles. The van der Waals surface area contributed by atoms with E-state index in [0.29, 0.717) is 5.92 Å². The van der Waals surface area contributed by atoms with Crippen molar-refractivity contribution in [1.82, 2.24) is 0 Å². The van der Waals surface area contributed by atoms with Crippen molar-refractivity contribution in [2.24, 2.45) is 11.8 Å². The van der Waals surface area contributed by atoms with Crippen molar-refractivity contribution in [2.45, 2.75) is 70.3 Å². The predicted octanol–water partition coefficient (Wildman–Crippen LogP) is 11.2. The van der Waals surface area contributed by atoms with Crippen LogP contribution in [0.2, 0.25) is 0 Å². The van der Waals surface area contributed by atoms with Gasteiger partial charge in [-0.3, -0.25) is 0 Å². The first-order valence-electron chi connectivity index (χ1n) is 17.6. The Morgan fingerprint density at radius 2 is 1.29 bits per heavy atom. The molecule has 3 heterocycles. The minimum atomic E-state index is -0.111. The summed E-state index contributed by atoms with van der Waals surface area (Å²) in [5, 5.41) is 3.95. The number of nitrogens with one attached hydrogen (secondary N) is 1. The van der Waals surface area contributed by atoms with Crippen LogP contribution in [-0.4, -0.2) is 6.04 Å². The number of hydrogen-bond donors (Lipinski definition) is 1. The lowest BCUT2D eigenvalue weighted by atomic mass is 9.64. The van der Waals surface area contributed by atoms with E-state index in [2.05, 4.69) is 184 Å². The molecule has 0 radical (unpaired) electrons. The van der Waals surface area contributed by atoms with Gasteiger partial charge >= 0.3 is 0 Å². The van der Waals surface area contributed by atoms with Gasteiger partial charge in [0.15, 0.2) is 0 Å². The summed E-state index contributed by atoms with van der Waals surface area (Å²) >= 11 is 0. The quantitative estimate of drug-likeness (QED) is 0.239. The zero-order chi connectivity index (χ0) is 33.0. The summed E-state index contributed by atoms with van der Waals surface area (Å²) in [7, 11) is 0. The summed E-state index contributed by atoms with van der Waals surface area (Å²) in [6.07, 6.45) is 15.3. The Balaban J connectivity index is 1.15. The summed E-state index contributed by atoms with van der Waals surface area (Å²) in [5.41, 5.74) is 14.4. The summed E-state index contributed by atoms with van der Waals surface area (Å²) < 4.78 is 0. The first-order valence-corrected chi connectivity index (χ1v) is 17.6. The van der Waals surface area contributed by atoms with Crippen LogP contribution in [0, 0.1) is 11.8 Å². The van der Waals surface area contributed by atoms with Gasteiger partial charge in [-0.05, 0) is 77.2 Å². The van der Waals surface area contributed by atoms with Crippen molar-refractivity contribution in [1.29, 1.82) is 0 Å². The summed E-state index contributed by atoms with van der Waals surface area (Å²) in [6, 6.07) is 34.2. The molecule has 3 unspecified atom stereocenters. The molecule has 0 fully saturated rings. The largest absolute Gasteiger partial charge is 0.378 e. The van der Waals surface area contributed by atoms with Gasteiger partial charge in [0.2, 0.25) is 0 Å². The maximum Gasteiger partial charge on any atom is 0.0520 e. The second-order valence-corrected chi connectivity index (χ2v) is 16.0. The Hall–Kier alpha value is -4.76. The molecule has 5 aliphatic rings. The summed E-state index contributed by atoms with van der Waals surface area (Å²) in [4.78, 5) is 5.04. The number of fused-ring (bicyclic) bond motifs is 6. The van der Waals surface area contributed by atoms with Gasteiger partial charge in [-0.2, -0.15) is 0 Å². The van der Waals surface area contributed by atoms with Gasteiger partial charge in [0.25, 0.3) is 0 Å². The molecule has 0 amide bonds. The molecule has 3 atom stereocenters. The van der Waals surface area contributed by atoms with Crippen LogP contribution >= 0.6 is 0 Å². The van der Waals surface area contributed by atoms with Crippen LogP contribution in [0.1, 0.15) is 70.2 Å². The van der Waals surface area contributed by atoms with E-state index in [1.807, 2.05) is 0 Å². The van der Waals surface area contributed by atoms with Gasteiger partial charge in [-0.1, -0.05) is 120 Å². The smallest absolute Gasteiger partial charge is 0.0520 e. The number of allylic oxidation sites excluding steroid dienone is 5. The molecular weight excluding hydrogens is 583 g/mol. The van der Waals surface area contributed by atoms with Crippen molar-refractivity contribution in [2.75, 3.05) is 15.1 Å². The Morgan fingerprint density at radius 1 is 0.667 bits per heavy atom. The molecule has 4 aromatic carbocycles.